The number of nitrogens with zero attached hydrogens (tertiary/aromatic N) is 1. The van der Waals surface area contributed by atoms with Gasteiger partial charge in [0, 0.05) is 19.2 Å². The first kappa shape index (κ1) is 18.0. The Hall–Kier alpha value is -2.34. The van der Waals surface area contributed by atoms with Gasteiger partial charge in [0.25, 0.3) is 5.91 Å². The third-order valence-corrected chi connectivity index (χ3v) is 5.02. The molecule has 0 atom stereocenters. The van der Waals surface area contributed by atoms with Crippen LogP contribution in [0.25, 0.3) is 0 Å². The summed E-state index contributed by atoms with van der Waals surface area (Å²) in [6.45, 7) is 4.24. The molecule has 0 saturated heterocycles. The van der Waals surface area contributed by atoms with Crippen LogP contribution in [0.1, 0.15) is 27.0 Å². The van der Waals surface area contributed by atoms with Crippen molar-refractivity contribution in [1.82, 2.24) is 5.32 Å². The first-order valence-electron chi connectivity index (χ1n) is 7.57. The fourth-order valence-corrected chi connectivity index (χ4v) is 3.00. The van der Waals surface area contributed by atoms with Crippen LogP contribution in [0.3, 0.4) is 0 Å². The van der Waals surface area contributed by atoms with Gasteiger partial charge in [-0.1, -0.05) is 29.8 Å². The summed E-state index contributed by atoms with van der Waals surface area (Å²) in [6.07, 6.45) is 1.15. The normalized spacial score (nSPS) is 11.2. The van der Waals surface area contributed by atoms with Gasteiger partial charge in [-0.15, -0.1) is 0 Å². The Labute approximate surface area is 143 Å². The highest BCUT2D eigenvalue weighted by Gasteiger charge is 2.15. The van der Waals surface area contributed by atoms with Crippen LogP contribution in [-0.2, 0) is 16.6 Å². The Morgan fingerprint density at radius 3 is 2.42 bits per heavy atom. The van der Waals surface area contributed by atoms with Crippen LogP contribution in [0, 0.1) is 13.8 Å². The number of benzene rings is 2. The molecule has 6 heteroatoms. The standard InChI is InChI=1S/C18H22N2O3S/c1-13-6-5-7-15(10-13)12-19-18(21)16-8-9-17(14(2)11-16)20(3)24(4,22)23/h5-11H,12H2,1-4H3,(H,19,21). The maximum Gasteiger partial charge on any atom is 0.251 e. The molecule has 0 aliphatic heterocycles. The van der Waals surface area contributed by atoms with Gasteiger partial charge in [-0.3, -0.25) is 9.10 Å². The molecule has 1 N–H and O–H groups in total. The predicted octanol–water partition coefficient (Wildman–Crippen LogP) is 2.63. The molecule has 2 aromatic rings. The number of anilines is 1. The zero-order valence-electron chi connectivity index (χ0n) is 14.3. The molecule has 0 saturated carbocycles. The molecule has 0 spiro atoms. The van der Waals surface area contributed by atoms with Gasteiger partial charge in [-0.05, 0) is 43.2 Å². The Balaban J connectivity index is 2.12. The van der Waals surface area contributed by atoms with Gasteiger partial charge in [0.2, 0.25) is 10.0 Å². The zero-order chi connectivity index (χ0) is 17.9. The first-order chi connectivity index (χ1) is 11.2. The van der Waals surface area contributed by atoms with E-state index in [0.717, 1.165) is 22.9 Å². The number of sulfonamides is 1. The highest BCUT2D eigenvalue weighted by Crippen LogP contribution is 2.22. The minimum Gasteiger partial charge on any atom is -0.348 e. The van der Waals surface area contributed by atoms with E-state index < -0.39 is 10.0 Å². The van der Waals surface area contributed by atoms with Gasteiger partial charge >= 0.3 is 0 Å². The van der Waals surface area contributed by atoms with E-state index in [0.29, 0.717) is 17.8 Å². The zero-order valence-corrected chi connectivity index (χ0v) is 15.1. The lowest BCUT2D eigenvalue weighted by Crippen LogP contribution is -2.26. The van der Waals surface area contributed by atoms with Crippen molar-refractivity contribution in [3.8, 4) is 0 Å². The lowest BCUT2D eigenvalue weighted by Gasteiger charge is -2.19. The lowest BCUT2D eigenvalue weighted by atomic mass is 10.1. The molecule has 5 nitrogen and oxygen atoms in total. The molecule has 2 aromatic carbocycles. The Kier molecular flexibility index (Phi) is 5.29. The summed E-state index contributed by atoms with van der Waals surface area (Å²) in [4.78, 5) is 12.3. The molecule has 0 aromatic heterocycles. The first-order valence-corrected chi connectivity index (χ1v) is 9.41. The van der Waals surface area contributed by atoms with Gasteiger partial charge < -0.3 is 5.32 Å². The number of hydrogen-bond donors (Lipinski definition) is 1. The predicted molar refractivity (Wildman–Crippen MR) is 96.8 cm³/mol. The molecule has 0 bridgehead atoms. The van der Waals surface area contributed by atoms with Crippen molar-refractivity contribution >= 4 is 21.6 Å². The SMILES string of the molecule is Cc1cccc(CNC(=O)c2ccc(N(C)S(C)(=O)=O)c(C)c2)c1. The number of hydrogen-bond acceptors (Lipinski definition) is 3. The summed E-state index contributed by atoms with van der Waals surface area (Å²) in [6, 6.07) is 12.9. The minimum absolute atomic E-state index is 0.187. The van der Waals surface area contributed by atoms with Gasteiger partial charge in [0.05, 0.1) is 11.9 Å². The van der Waals surface area contributed by atoms with Gasteiger partial charge in [0.15, 0.2) is 0 Å². The molecule has 1 amide bonds. The second-order valence-corrected chi connectivity index (χ2v) is 7.92. The van der Waals surface area contributed by atoms with Gasteiger partial charge in [0.1, 0.15) is 0 Å². The fourth-order valence-electron chi connectivity index (χ4n) is 2.44. The average molecular weight is 346 g/mol. The molecule has 24 heavy (non-hydrogen) atoms. The van der Waals surface area contributed by atoms with Crippen molar-refractivity contribution in [2.45, 2.75) is 20.4 Å². The second kappa shape index (κ2) is 7.05. The summed E-state index contributed by atoms with van der Waals surface area (Å²) in [5.41, 5.74) is 3.98. The smallest absolute Gasteiger partial charge is 0.251 e. The monoisotopic (exact) mass is 346 g/mol. The highest BCUT2D eigenvalue weighted by atomic mass is 32.2. The molecule has 0 heterocycles. The van der Waals surface area contributed by atoms with E-state index in [-0.39, 0.29) is 5.91 Å². The third-order valence-electron chi connectivity index (χ3n) is 3.83. The number of aryl methyl sites for hydroxylation is 2. The summed E-state index contributed by atoms with van der Waals surface area (Å²) < 4.78 is 24.5. The van der Waals surface area contributed by atoms with Crippen molar-refractivity contribution in [3.63, 3.8) is 0 Å². The number of carbonyl (C=O) groups is 1. The van der Waals surface area contributed by atoms with Crippen LogP contribution in [-0.4, -0.2) is 27.6 Å². The quantitative estimate of drug-likeness (QED) is 0.905. The van der Waals surface area contributed by atoms with E-state index in [2.05, 4.69) is 5.32 Å². The maximum atomic E-state index is 12.3. The molecular formula is C18H22N2O3S. The molecule has 0 aliphatic carbocycles. The van der Waals surface area contributed by atoms with E-state index in [1.807, 2.05) is 31.2 Å². The van der Waals surface area contributed by atoms with E-state index in [1.54, 1.807) is 25.1 Å². The fraction of sp³-hybridized carbons (Fsp3) is 0.278. The van der Waals surface area contributed by atoms with Crippen molar-refractivity contribution in [2.75, 3.05) is 17.6 Å². The molecular weight excluding hydrogens is 324 g/mol. The second-order valence-electron chi connectivity index (χ2n) is 5.90. The van der Waals surface area contributed by atoms with Crippen molar-refractivity contribution in [1.29, 1.82) is 0 Å². The van der Waals surface area contributed by atoms with Crippen molar-refractivity contribution in [3.05, 3.63) is 64.7 Å². The van der Waals surface area contributed by atoms with E-state index in [1.165, 1.54) is 11.4 Å². The summed E-state index contributed by atoms with van der Waals surface area (Å²) in [5, 5.41) is 2.88. The summed E-state index contributed by atoms with van der Waals surface area (Å²) in [7, 11) is -1.83. The van der Waals surface area contributed by atoms with Crippen molar-refractivity contribution < 1.29 is 13.2 Å². The van der Waals surface area contributed by atoms with Crippen LogP contribution >= 0.6 is 0 Å². The summed E-state index contributed by atoms with van der Waals surface area (Å²) >= 11 is 0. The Bertz CT molecular complexity index is 860. The van der Waals surface area contributed by atoms with Crippen LogP contribution in [0.5, 0.6) is 0 Å². The Morgan fingerprint density at radius 2 is 1.83 bits per heavy atom. The van der Waals surface area contributed by atoms with Crippen LogP contribution in [0.4, 0.5) is 5.69 Å². The topological polar surface area (TPSA) is 66.5 Å². The molecule has 0 radical (unpaired) electrons. The number of carbonyl (C=O) groups excluding carboxylic acids is 1. The third kappa shape index (κ3) is 4.35. The van der Waals surface area contributed by atoms with Crippen LogP contribution in [0.15, 0.2) is 42.5 Å². The number of amides is 1. The van der Waals surface area contributed by atoms with Gasteiger partial charge in [-0.25, -0.2) is 8.42 Å². The molecule has 0 aliphatic rings. The largest absolute Gasteiger partial charge is 0.348 e. The highest BCUT2D eigenvalue weighted by molar-refractivity contribution is 7.92. The molecule has 0 fully saturated rings. The Morgan fingerprint density at radius 1 is 1.12 bits per heavy atom. The van der Waals surface area contributed by atoms with Gasteiger partial charge in [-0.2, -0.15) is 0 Å². The average Bonchev–Trinajstić information content (AvgIpc) is 2.51. The minimum atomic E-state index is -3.33. The maximum absolute atomic E-state index is 12.3. The van der Waals surface area contributed by atoms with E-state index in [9.17, 15) is 13.2 Å². The van der Waals surface area contributed by atoms with E-state index in [4.69, 9.17) is 0 Å². The number of rotatable bonds is 5. The van der Waals surface area contributed by atoms with Crippen LogP contribution in [0.2, 0.25) is 0 Å². The molecule has 0 unspecified atom stereocenters. The lowest BCUT2D eigenvalue weighted by molar-refractivity contribution is 0.0951. The number of nitrogens with one attached hydrogen (secondary N) is 1. The van der Waals surface area contributed by atoms with Crippen LogP contribution < -0.4 is 9.62 Å². The van der Waals surface area contributed by atoms with E-state index >= 15 is 0 Å². The molecule has 128 valence electrons. The van der Waals surface area contributed by atoms with Crippen molar-refractivity contribution in [2.24, 2.45) is 0 Å². The summed E-state index contributed by atoms with van der Waals surface area (Å²) in [5.74, 6) is -0.187. The molecule has 2 rings (SSSR count).